The summed E-state index contributed by atoms with van der Waals surface area (Å²) in [4.78, 5) is 27.5. The summed E-state index contributed by atoms with van der Waals surface area (Å²) in [6, 6.07) is 7.38. The lowest BCUT2D eigenvalue weighted by molar-refractivity contribution is 0.0636. The van der Waals surface area contributed by atoms with Crippen LogP contribution < -0.4 is 5.32 Å². The maximum absolute atomic E-state index is 11.7. The zero-order valence-corrected chi connectivity index (χ0v) is 13.6. The first-order chi connectivity index (χ1) is 10.4. The van der Waals surface area contributed by atoms with Gasteiger partial charge in [-0.15, -0.1) is 11.3 Å². The Morgan fingerprint density at radius 2 is 2.00 bits per heavy atom. The van der Waals surface area contributed by atoms with Crippen molar-refractivity contribution in [3.05, 3.63) is 46.5 Å². The predicted octanol–water partition coefficient (Wildman–Crippen LogP) is 3.89. The molecule has 6 heteroatoms. The Labute approximate surface area is 133 Å². The number of amides is 1. The van der Waals surface area contributed by atoms with Crippen LogP contribution in [0, 0.1) is 0 Å². The average Bonchev–Trinajstić information content (AvgIpc) is 2.84. The highest BCUT2D eigenvalue weighted by Gasteiger charge is 2.17. The van der Waals surface area contributed by atoms with Crippen LogP contribution in [0.4, 0.5) is 9.93 Å². The smallest absolute Gasteiger partial charge is 0.413 e. The molecule has 0 atom stereocenters. The number of carbonyl (C=O) groups is 2. The van der Waals surface area contributed by atoms with Crippen molar-refractivity contribution in [1.82, 2.24) is 4.98 Å². The lowest BCUT2D eigenvalue weighted by Crippen LogP contribution is -2.27. The minimum atomic E-state index is -0.537. The summed E-state index contributed by atoms with van der Waals surface area (Å²) in [7, 11) is 0. The number of benzene rings is 1. The minimum absolute atomic E-state index is 0.508. The third-order valence-corrected chi connectivity index (χ3v) is 3.57. The molecule has 0 bridgehead atoms. The Hall–Kier alpha value is -2.21. The highest BCUT2D eigenvalue weighted by Crippen LogP contribution is 2.22. The van der Waals surface area contributed by atoms with E-state index >= 15 is 0 Å². The number of thiazole rings is 1. The molecule has 1 heterocycles. The molecule has 1 amide bonds. The van der Waals surface area contributed by atoms with Gasteiger partial charge in [-0.05, 0) is 26.3 Å². The third-order valence-electron chi connectivity index (χ3n) is 2.66. The van der Waals surface area contributed by atoms with Crippen LogP contribution in [0.2, 0.25) is 0 Å². The molecule has 0 saturated carbocycles. The van der Waals surface area contributed by atoms with Gasteiger partial charge in [0.25, 0.3) is 0 Å². The molecule has 0 unspecified atom stereocenters. The van der Waals surface area contributed by atoms with Crippen LogP contribution >= 0.6 is 11.3 Å². The molecule has 0 aliphatic carbocycles. The van der Waals surface area contributed by atoms with Crippen LogP contribution in [0.5, 0.6) is 0 Å². The van der Waals surface area contributed by atoms with Gasteiger partial charge in [0, 0.05) is 23.1 Å². The standard InChI is InChI=1S/C16H18N2O3S/c1-16(2,3)21-15(20)18-14-17-9-13(22-14)8-11-4-6-12(10-19)7-5-11/h4-7,9-10H,8H2,1-3H3,(H,17,18,20). The summed E-state index contributed by atoms with van der Waals surface area (Å²) in [5.41, 5.74) is 1.20. The predicted molar refractivity (Wildman–Crippen MR) is 86.6 cm³/mol. The van der Waals surface area contributed by atoms with Gasteiger partial charge in [0.05, 0.1) is 0 Å². The van der Waals surface area contributed by atoms with E-state index in [1.807, 2.05) is 32.9 Å². The van der Waals surface area contributed by atoms with E-state index in [0.29, 0.717) is 17.1 Å². The second-order valence-corrected chi connectivity index (χ2v) is 6.91. The molecule has 116 valence electrons. The van der Waals surface area contributed by atoms with E-state index in [2.05, 4.69) is 10.3 Å². The Kier molecular flexibility index (Phi) is 4.92. The number of anilines is 1. The van der Waals surface area contributed by atoms with Gasteiger partial charge in [0.1, 0.15) is 11.9 Å². The van der Waals surface area contributed by atoms with Gasteiger partial charge in [-0.25, -0.2) is 9.78 Å². The third kappa shape index (κ3) is 4.96. The number of aldehydes is 1. The van der Waals surface area contributed by atoms with E-state index in [1.54, 1.807) is 18.3 Å². The largest absolute Gasteiger partial charge is 0.444 e. The maximum atomic E-state index is 11.7. The molecule has 2 aromatic rings. The molecule has 1 aromatic heterocycles. The first-order valence-electron chi connectivity index (χ1n) is 6.84. The number of rotatable bonds is 4. The van der Waals surface area contributed by atoms with Crippen molar-refractivity contribution in [2.75, 3.05) is 5.32 Å². The maximum Gasteiger partial charge on any atom is 0.413 e. The van der Waals surface area contributed by atoms with E-state index in [1.165, 1.54) is 11.3 Å². The van der Waals surface area contributed by atoms with Gasteiger partial charge in [0.15, 0.2) is 5.13 Å². The monoisotopic (exact) mass is 318 g/mol. The summed E-state index contributed by atoms with van der Waals surface area (Å²) >= 11 is 1.40. The highest BCUT2D eigenvalue weighted by molar-refractivity contribution is 7.15. The van der Waals surface area contributed by atoms with Crippen molar-refractivity contribution in [1.29, 1.82) is 0 Å². The molecule has 5 nitrogen and oxygen atoms in total. The number of hydrogen-bond donors (Lipinski definition) is 1. The van der Waals surface area contributed by atoms with Crippen molar-refractivity contribution in [2.24, 2.45) is 0 Å². The fourth-order valence-corrected chi connectivity index (χ4v) is 2.59. The Bertz CT molecular complexity index is 657. The average molecular weight is 318 g/mol. The first kappa shape index (κ1) is 16.2. The lowest BCUT2D eigenvalue weighted by atomic mass is 10.1. The van der Waals surface area contributed by atoms with Crippen molar-refractivity contribution >= 4 is 28.8 Å². The quantitative estimate of drug-likeness (QED) is 0.868. The van der Waals surface area contributed by atoms with Crippen molar-refractivity contribution < 1.29 is 14.3 Å². The molecule has 1 aromatic carbocycles. The van der Waals surface area contributed by atoms with Gasteiger partial charge in [-0.3, -0.25) is 10.1 Å². The molecule has 0 fully saturated rings. The number of ether oxygens (including phenoxy) is 1. The van der Waals surface area contributed by atoms with Crippen LogP contribution in [-0.2, 0) is 11.2 Å². The molecule has 0 radical (unpaired) electrons. The first-order valence-corrected chi connectivity index (χ1v) is 7.66. The number of hydrogen-bond acceptors (Lipinski definition) is 5. The summed E-state index contributed by atoms with van der Waals surface area (Å²) in [6.45, 7) is 5.43. The van der Waals surface area contributed by atoms with Crippen LogP contribution in [0.1, 0.15) is 41.6 Å². The molecule has 0 saturated heterocycles. The number of nitrogens with one attached hydrogen (secondary N) is 1. The zero-order chi connectivity index (χ0) is 16.2. The van der Waals surface area contributed by atoms with Gasteiger partial charge in [-0.2, -0.15) is 0 Å². The Morgan fingerprint density at radius 1 is 1.32 bits per heavy atom. The van der Waals surface area contributed by atoms with Crippen LogP contribution in [0.25, 0.3) is 0 Å². The normalized spacial score (nSPS) is 11.0. The summed E-state index contributed by atoms with van der Waals surface area (Å²) in [5, 5.41) is 3.13. The van der Waals surface area contributed by atoms with Gasteiger partial charge in [0.2, 0.25) is 0 Å². The van der Waals surface area contributed by atoms with E-state index in [-0.39, 0.29) is 0 Å². The number of aromatic nitrogens is 1. The molecule has 22 heavy (non-hydrogen) atoms. The zero-order valence-electron chi connectivity index (χ0n) is 12.8. The second kappa shape index (κ2) is 6.70. The molecule has 0 aliphatic rings. The minimum Gasteiger partial charge on any atom is -0.444 e. The van der Waals surface area contributed by atoms with Gasteiger partial charge < -0.3 is 4.74 Å². The summed E-state index contributed by atoms with van der Waals surface area (Å²) < 4.78 is 5.18. The topological polar surface area (TPSA) is 68.3 Å². The molecular weight excluding hydrogens is 300 g/mol. The van der Waals surface area contributed by atoms with E-state index < -0.39 is 11.7 Å². The van der Waals surface area contributed by atoms with Gasteiger partial charge in [-0.1, -0.05) is 24.3 Å². The fraction of sp³-hybridized carbons (Fsp3) is 0.312. The summed E-state index contributed by atoms with van der Waals surface area (Å²) in [6.07, 6.45) is 2.74. The van der Waals surface area contributed by atoms with E-state index in [4.69, 9.17) is 4.74 Å². The van der Waals surface area contributed by atoms with E-state index in [0.717, 1.165) is 16.7 Å². The van der Waals surface area contributed by atoms with E-state index in [9.17, 15) is 9.59 Å². The van der Waals surface area contributed by atoms with Crippen molar-refractivity contribution in [3.63, 3.8) is 0 Å². The fourth-order valence-electron chi connectivity index (χ4n) is 1.75. The Morgan fingerprint density at radius 3 is 2.59 bits per heavy atom. The number of carbonyl (C=O) groups excluding carboxylic acids is 2. The molecule has 0 aliphatic heterocycles. The van der Waals surface area contributed by atoms with Crippen molar-refractivity contribution in [2.45, 2.75) is 32.8 Å². The molecule has 2 rings (SSSR count). The molecular formula is C16H18N2O3S. The van der Waals surface area contributed by atoms with Crippen LogP contribution in [-0.4, -0.2) is 23.0 Å². The molecule has 1 N–H and O–H groups in total. The second-order valence-electron chi connectivity index (χ2n) is 5.79. The van der Waals surface area contributed by atoms with Crippen LogP contribution in [0.3, 0.4) is 0 Å². The number of nitrogens with zero attached hydrogens (tertiary/aromatic N) is 1. The molecule has 0 spiro atoms. The Balaban J connectivity index is 1.96. The SMILES string of the molecule is CC(C)(C)OC(=O)Nc1ncc(Cc2ccc(C=O)cc2)s1. The highest BCUT2D eigenvalue weighted by atomic mass is 32.1. The van der Waals surface area contributed by atoms with Gasteiger partial charge >= 0.3 is 6.09 Å². The van der Waals surface area contributed by atoms with Crippen molar-refractivity contribution in [3.8, 4) is 0 Å². The lowest BCUT2D eigenvalue weighted by Gasteiger charge is -2.18. The summed E-state index contributed by atoms with van der Waals surface area (Å²) in [5.74, 6) is 0. The van der Waals surface area contributed by atoms with Crippen LogP contribution in [0.15, 0.2) is 30.5 Å².